The minimum absolute atomic E-state index is 0.411. The molecule has 98 valence electrons. The lowest BCUT2D eigenvalue weighted by Crippen LogP contribution is -2.46. The zero-order chi connectivity index (χ0) is 12.3. The Hall–Kier alpha value is -0.770. The van der Waals surface area contributed by atoms with Crippen molar-refractivity contribution < 1.29 is 4.74 Å². The van der Waals surface area contributed by atoms with Crippen molar-refractivity contribution >= 4 is 5.96 Å². The summed E-state index contributed by atoms with van der Waals surface area (Å²) in [6.07, 6.45) is 3.92. The Morgan fingerprint density at radius 1 is 1.47 bits per heavy atom. The molecule has 2 heterocycles. The summed E-state index contributed by atoms with van der Waals surface area (Å²) in [7, 11) is 0. The van der Waals surface area contributed by atoms with Gasteiger partial charge in [-0.1, -0.05) is 13.8 Å². The van der Waals surface area contributed by atoms with Crippen LogP contribution in [0.15, 0.2) is 4.99 Å². The molecule has 0 radical (unpaired) electrons. The van der Waals surface area contributed by atoms with Crippen LogP contribution in [-0.2, 0) is 4.74 Å². The van der Waals surface area contributed by atoms with E-state index >= 15 is 0 Å². The topological polar surface area (TPSA) is 50.8 Å². The molecule has 2 unspecified atom stereocenters. The van der Waals surface area contributed by atoms with Crippen LogP contribution in [0.2, 0.25) is 0 Å². The van der Waals surface area contributed by atoms with E-state index in [0.29, 0.717) is 17.9 Å². The molecule has 2 atom stereocenters. The molecule has 0 bridgehead atoms. The Labute approximate surface area is 104 Å². The maximum Gasteiger partial charge on any atom is 0.191 e. The molecule has 0 aromatic carbocycles. The summed E-state index contributed by atoms with van der Waals surface area (Å²) in [5, 5.41) is 0. The third kappa shape index (κ3) is 3.35. The first-order chi connectivity index (χ1) is 8.16. The Morgan fingerprint density at radius 3 is 2.82 bits per heavy atom. The third-order valence-electron chi connectivity index (χ3n) is 3.86. The summed E-state index contributed by atoms with van der Waals surface area (Å²) < 4.78 is 5.77. The van der Waals surface area contributed by atoms with Gasteiger partial charge in [-0.05, 0) is 31.1 Å². The molecule has 2 aliphatic heterocycles. The Kier molecular flexibility index (Phi) is 4.26. The van der Waals surface area contributed by atoms with Gasteiger partial charge in [0.05, 0.1) is 6.10 Å². The van der Waals surface area contributed by atoms with Gasteiger partial charge in [-0.3, -0.25) is 4.99 Å². The zero-order valence-electron chi connectivity index (χ0n) is 11.1. The van der Waals surface area contributed by atoms with Crippen LogP contribution in [-0.4, -0.2) is 43.2 Å². The molecule has 4 heteroatoms. The molecule has 0 amide bonds. The van der Waals surface area contributed by atoms with E-state index in [0.717, 1.165) is 45.0 Å². The van der Waals surface area contributed by atoms with Crippen LogP contribution in [0.5, 0.6) is 0 Å². The van der Waals surface area contributed by atoms with E-state index in [1.807, 2.05) is 0 Å². The summed E-state index contributed by atoms with van der Waals surface area (Å²) in [4.78, 5) is 6.68. The van der Waals surface area contributed by atoms with E-state index in [9.17, 15) is 0 Å². The van der Waals surface area contributed by atoms with Crippen LogP contribution in [0.4, 0.5) is 0 Å². The number of nitrogens with zero attached hydrogens (tertiary/aromatic N) is 2. The molecule has 0 saturated carbocycles. The SMILES string of the molecule is CC(C)C1CC(CN=C(N)N2CCC2)CCO1. The quantitative estimate of drug-likeness (QED) is 0.599. The summed E-state index contributed by atoms with van der Waals surface area (Å²) in [5.41, 5.74) is 5.94. The Bertz CT molecular complexity index is 274. The van der Waals surface area contributed by atoms with Gasteiger partial charge < -0.3 is 15.4 Å². The van der Waals surface area contributed by atoms with Crippen molar-refractivity contribution in [1.82, 2.24) is 4.90 Å². The molecule has 4 nitrogen and oxygen atoms in total. The lowest BCUT2D eigenvalue weighted by atomic mass is 9.90. The van der Waals surface area contributed by atoms with E-state index in [-0.39, 0.29) is 0 Å². The molecule has 2 saturated heterocycles. The normalized spacial score (nSPS) is 30.5. The number of likely N-dealkylation sites (tertiary alicyclic amines) is 1. The van der Waals surface area contributed by atoms with Gasteiger partial charge in [0, 0.05) is 26.2 Å². The van der Waals surface area contributed by atoms with Crippen molar-refractivity contribution in [2.75, 3.05) is 26.2 Å². The molecule has 2 N–H and O–H groups in total. The van der Waals surface area contributed by atoms with Crippen LogP contribution >= 0.6 is 0 Å². The summed E-state index contributed by atoms with van der Waals surface area (Å²) in [6, 6.07) is 0. The summed E-state index contributed by atoms with van der Waals surface area (Å²) in [5.74, 6) is 1.99. The smallest absolute Gasteiger partial charge is 0.191 e. The number of rotatable bonds is 3. The van der Waals surface area contributed by atoms with E-state index in [4.69, 9.17) is 10.5 Å². The highest BCUT2D eigenvalue weighted by Gasteiger charge is 2.25. The largest absolute Gasteiger partial charge is 0.378 e. The number of ether oxygens (including phenoxy) is 1. The summed E-state index contributed by atoms with van der Waals surface area (Å²) >= 11 is 0. The van der Waals surface area contributed by atoms with Crippen molar-refractivity contribution in [2.45, 2.75) is 39.2 Å². The van der Waals surface area contributed by atoms with Gasteiger partial charge in [-0.15, -0.1) is 0 Å². The fourth-order valence-electron chi connectivity index (χ4n) is 2.40. The van der Waals surface area contributed by atoms with Gasteiger partial charge in [0.25, 0.3) is 0 Å². The molecule has 0 aromatic rings. The second kappa shape index (κ2) is 5.71. The standard InChI is InChI=1S/C13H25N3O/c1-10(2)12-8-11(4-7-17-12)9-15-13(14)16-5-3-6-16/h10-12H,3-9H2,1-2H3,(H2,14,15). The fourth-order valence-corrected chi connectivity index (χ4v) is 2.40. The first kappa shape index (κ1) is 12.7. The van der Waals surface area contributed by atoms with E-state index in [2.05, 4.69) is 23.7 Å². The molecule has 17 heavy (non-hydrogen) atoms. The van der Waals surface area contributed by atoms with E-state index < -0.39 is 0 Å². The molecule has 2 fully saturated rings. The van der Waals surface area contributed by atoms with Crippen LogP contribution in [0.25, 0.3) is 0 Å². The molecule has 2 rings (SSSR count). The van der Waals surface area contributed by atoms with Gasteiger partial charge in [-0.25, -0.2) is 0 Å². The van der Waals surface area contributed by atoms with Gasteiger partial charge >= 0.3 is 0 Å². The maximum atomic E-state index is 5.94. The van der Waals surface area contributed by atoms with Gasteiger partial charge in [0.15, 0.2) is 5.96 Å². The van der Waals surface area contributed by atoms with Crippen molar-refractivity contribution in [3.63, 3.8) is 0 Å². The number of nitrogens with two attached hydrogens (primary N) is 1. The zero-order valence-corrected chi connectivity index (χ0v) is 11.1. The predicted octanol–water partition coefficient (Wildman–Crippen LogP) is 1.46. The van der Waals surface area contributed by atoms with Crippen LogP contribution in [0, 0.1) is 11.8 Å². The highest BCUT2D eigenvalue weighted by molar-refractivity contribution is 5.78. The predicted molar refractivity (Wildman–Crippen MR) is 70.0 cm³/mol. The first-order valence-corrected chi connectivity index (χ1v) is 6.83. The fraction of sp³-hybridized carbons (Fsp3) is 0.923. The minimum Gasteiger partial charge on any atom is -0.378 e. The molecular formula is C13H25N3O. The maximum absolute atomic E-state index is 5.94. The van der Waals surface area contributed by atoms with Crippen molar-refractivity contribution in [3.8, 4) is 0 Å². The average Bonchev–Trinajstić information content (AvgIpc) is 2.24. The van der Waals surface area contributed by atoms with Gasteiger partial charge in [0.1, 0.15) is 0 Å². The number of hydrogen-bond donors (Lipinski definition) is 1. The lowest BCUT2D eigenvalue weighted by molar-refractivity contribution is -0.0321. The Morgan fingerprint density at radius 2 is 2.24 bits per heavy atom. The van der Waals surface area contributed by atoms with E-state index in [1.165, 1.54) is 6.42 Å². The van der Waals surface area contributed by atoms with Crippen molar-refractivity contribution in [1.29, 1.82) is 0 Å². The lowest BCUT2D eigenvalue weighted by Gasteiger charge is -2.33. The Balaban J connectivity index is 1.78. The second-order valence-electron chi connectivity index (χ2n) is 5.58. The minimum atomic E-state index is 0.411. The first-order valence-electron chi connectivity index (χ1n) is 6.83. The highest BCUT2D eigenvalue weighted by Crippen LogP contribution is 2.25. The molecule has 0 aliphatic carbocycles. The van der Waals surface area contributed by atoms with Crippen molar-refractivity contribution in [2.24, 2.45) is 22.6 Å². The highest BCUT2D eigenvalue weighted by atomic mass is 16.5. The third-order valence-corrected chi connectivity index (χ3v) is 3.86. The molecular weight excluding hydrogens is 214 g/mol. The second-order valence-corrected chi connectivity index (χ2v) is 5.58. The van der Waals surface area contributed by atoms with Crippen molar-refractivity contribution in [3.05, 3.63) is 0 Å². The van der Waals surface area contributed by atoms with Crippen LogP contribution < -0.4 is 5.73 Å². The molecule has 0 spiro atoms. The molecule has 0 aromatic heterocycles. The van der Waals surface area contributed by atoms with Gasteiger partial charge in [-0.2, -0.15) is 0 Å². The molecule has 2 aliphatic rings. The monoisotopic (exact) mass is 239 g/mol. The van der Waals surface area contributed by atoms with E-state index in [1.54, 1.807) is 0 Å². The number of hydrogen-bond acceptors (Lipinski definition) is 2. The summed E-state index contributed by atoms with van der Waals surface area (Å²) in [6.45, 7) is 8.37. The van der Waals surface area contributed by atoms with Crippen LogP contribution in [0.1, 0.15) is 33.1 Å². The van der Waals surface area contributed by atoms with Gasteiger partial charge in [0.2, 0.25) is 0 Å². The van der Waals surface area contributed by atoms with Crippen LogP contribution in [0.3, 0.4) is 0 Å². The number of guanidine groups is 1. The average molecular weight is 239 g/mol. The number of aliphatic imine (C=N–C) groups is 1.